The number of fused-ring (bicyclic) bond motifs is 4. The quantitative estimate of drug-likeness (QED) is 0.282. The molecule has 0 amide bonds. The molecule has 0 N–H and O–H groups in total. The molecule has 0 aromatic heterocycles. The molecule has 5 fully saturated rings. The summed E-state index contributed by atoms with van der Waals surface area (Å²) in [6.45, 7) is 0. The Hall–Kier alpha value is 0.730. The van der Waals surface area contributed by atoms with Gasteiger partial charge in [-0.2, -0.15) is 0 Å². The molecule has 9 atom stereocenters. The van der Waals surface area contributed by atoms with Crippen LogP contribution in [0.3, 0.4) is 0 Å². The first-order valence-electron chi connectivity index (χ1n) is 11.9. The fraction of sp³-hybridized carbons (Fsp3) is 1.00. The highest BCUT2D eigenvalue weighted by Crippen LogP contribution is 2.55. The number of halogens is 1. The zero-order chi connectivity index (χ0) is 16.8. The van der Waals surface area contributed by atoms with E-state index in [1.54, 1.807) is 89.9 Å². The second-order valence-corrected chi connectivity index (χ2v) is 12.5. The Morgan fingerprint density at radius 3 is 1.76 bits per heavy atom. The van der Waals surface area contributed by atoms with Crippen molar-refractivity contribution in [3.63, 3.8) is 0 Å². The van der Waals surface area contributed by atoms with Gasteiger partial charge in [-0.3, -0.25) is 0 Å². The molecule has 0 aromatic rings. The van der Waals surface area contributed by atoms with Crippen LogP contribution in [0.4, 0.5) is 0 Å². The van der Waals surface area contributed by atoms with Crippen molar-refractivity contribution < 1.29 is 0 Å². The van der Waals surface area contributed by atoms with Crippen LogP contribution < -0.4 is 0 Å². The standard InChI is InChI=1S/C24H39I/c25-22-11-9-18-13-17(6-7-20(18)15-22)19-10-12-24-21(14-19)8-5-16-3-1-2-4-23(16)24/h16-24H,1-15H2/t16-,17?,18+,19?,20?,21?,22?,23?,24?/m1/s1. The van der Waals surface area contributed by atoms with Gasteiger partial charge in [-0.05, 0) is 124 Å². The Balaban J connectivity index is 1.20. The summed E-state index contributed by atoms with van der Waals surface area (Å²) in [7, 11) is 0. The molecule has 0 aliphatic heterocycles. The van der Waals surface area contributed by atoms with Crippen LogP contribution in [0.25, 0.3) is 0 Å². The summed E-state index contributed by atoms with van der Waals surface area (Å²) in [6, 6.07) is 0. The first-order valence-corrected chi connectivity index (χ1v) is 13.2. The van der Waals surface area contributed by atoms with Crippen LogP contribution in [0.5, 0.6) is 0 Å². The summed E-state index contributed by atoms with van der Waals surface area (Å²) in [5.74, 6) is 9.07. The highest BCUT2D eigenvalue weighted by Gasteiger charge is 2.45. The molecule has 5 rings (SSSR count). The smallest absolute Gasteiger partial charge is 0.0112 e. The molecule has 1 heteroatoms. The van der Waals surface area contributed by atoms with E-state index in [-0.39, 0.29) is 0 Å². The second kappa shape index (κ2) is 7.63. The van der Waals surface area contributed by atoms with Gasteiger partial charge in [-0.25, -0.2) is 0 Å². The SMILES string of the molecule is IC1CC[C@H]2CC(C3CCC4C(CC[C@H]5CCCCC45)C3)CCC2C1. The Kier molecular flexibility index (Phi) is 5.43. The van der Waals surface area contributed by atoms with Gasteiger partial charge >= 0.3 is 0 Å². The molecule has 5 saturated carbocycles. The maximum Gasteiger partial charge on any atom is 0.0112 e. The zero-order valence-electron chi connectivity index (χ0n) is 16.2. The van der Waals surface area contributed by atoms with Gasteiger partial charge in [0.2, 0.25) is 0 Å². The van der Waals surface area contributed by atoms with Crippen LogP contribution in [0, 0.1) is 47.3 Å². The van der Waals surface area contributed by atoms with Crippen LogP contribution in [-0.2, 0) is 0 Å². The van der Waals surface area contributed by atoms with E-state index < -0.39 is 0 Å². The lowest BCUT2D eigenvalue weighted by Crippen LogP contribution is -2.42. The van der Waals surface area contributed by atoms with Crippen LogP contribution in [0.1, 0.15) is 96.3 Å². The average Bonchev–Trinajstić information content (AvgIpc) is 2.67. The van der Waals surface area contributed by atoms with Crippen molar-refractivity contribution in [2.45, 2.75) is 100 Å². The third-order valence-corrected chi connectivity index (χ3v) is 10.9. The van der Waals surface area contributed by atoms with Gasteiger partial charge in [0.1, 0.15) is 0 Å². The van der Waals surface area contributed by atoms with Crippen molar-refractivity contribution in [2.24, 2.45) is 47.3 Å². The van der Waals surface area contributed by atoms with Gasteiger partial charge < -0.3 is 0 Å². The lowest BCUT2D eigenvalue weighted by molar-refractivity contribution is -0.0107. The monoisotopic (exact) mass is 454 g/mol. The van der Waals surface area contributed by atoms with E-state index in [0.717, 1.165) is 51.3 Å². The summed E-state index contributed by atoms with van der Waals surface area (Å²) in [4.78, 5) is 0. The van der Waals surface area contributed by atoms with E-state index >= 15 is 0 Å². The fourth-order valence-corrected chi connectivity index (χ4v) is 9.54. The highest BCUT2D eigenvalue weighted by atomic mass is 127. The number of rotatable bonds is 1. The summed E-state index contributed by atoms with van der Waals surface area (Å²) < 4.78 is 0.997. The fourth-order valence-electron chi connectivity index (χ4n) is 8.53. The molecule has 142 valence electrons. The first-order chi connectivity index (χ1) is 12.3. The Morgan fingerprint density at radius 2 is 0.920 bits per heavy atom. The molecular formula is C24H39I. The minimum atomic E-state index is 0.997. The Morgan fingerprint density at radius 1 is 0.400 bits per heavy atom. The van der Waals surface area contributed by atoms with Crippen molar-refractivity contribution >= 4 is 22.6 Å². The third-order valence-electron chi connectivity index (χ3n) is 9.76. The molecule has 0 heterocycles. The van der Waals surface area contributed by atoms with Gasteiger partial charge in [-0.1, -0.05) is 41.9 Å². The molecule has 0 saturated heterocycles. The summed E-state index contributed by atoms with van der Waals surface area (Å²) in [5, 5.41) is 0. The first kappa shape index (κ1) is 17.8. The average molecular weight is 454 g/mol. The number of hydrogen-bond donors (Lipinski definition) is 0. The van der Waals surface area contributed by atoms with E-state index in [0.29, 0.717) is 0 Å². The lowest BCUT2D eigenvalue weighted by atomic mass is 9.54. The van der Waals surface area contributed by atoms with E-state index in [1.165, 1.54) is 6.42 Å². The van der Waals surface area contributed by atoms with Crippen molar-refractivity contribution in [2.75, 3.05) is 0 Å². The molecule has 0 aromatic carbocycles. The van der Waals surface area contributed by atoms with Crippen molar-refractivity contribution in [3.05, 3.63) is 0 Å². The van der Waals surface area contributed by atoms with E-state index in [1.807, 2.05) is 0 Å². The van der Waals surface area contributed by atoms with Gasteiger partial charge in [0.15, 0.2) is 0 Å². The molecule has 5 aliphatic carbocycles. The van der Waals surface area contributed by atoms with Crippen molar-refractivity contribution in [3.8, 4) is 0 Å². The molecule has 0 bridgehead atoms. The third kappa shape index (κ3) is 3.58. The van der Waals surface area contributed by atoms with Gasteiger partial charge in [0.25, 0.3) is 0 Å². The van der Waals surface area contributed by atoms with Gasteiger partial charge in [-0.15, -0.1) is 0 Å². The van der Waals surface area contributed by atoms with E-state index in [2.05, 4.69) is 22.6 Å². The predicted molar refractivity (Wildman–Crippen MR) is 115 cm³/mol. The highest BCUT2D eigenvalue weighted by molar-refractivity contribution is 14.1. The van der Waals surface area contributed by atoms with Crippen LogP contribution in [0.2, 0.25) is 0 Å². The molecule has 0 radical (unpaired) electrons. The summed E-state index contributed by atoms with van der Waals surface area (Å²) in [6.07, 6.45) is 23.8. The van der Waals surface area contributed by atoms with Crippen molar-refractivity contribution in [1.82, 2.24) is 0 Å². The topological polar surface area (TPSA) is 0 Å². The molecule has 7 unspecified atom stereocenters. The molecule has 5 aliphatic rings. The Bertz CT molecular complexity index is 459. The molecule has 0 nitrogen and oxygen atoms in total. The number of alkyl halides is 1. The van der Waals surface area contributed by atoms with E-state index in [9.17, 15) is 0 Å². The van der Waals surface area contributed by atoms with Gasteiger partial charge in [0.05, 0.1) is 0 Å². The van der Waals surface area contributed by atoms with E-state index in [4.69, 9.17) is 0 Å². The molecule has 0 spiro atoms. The van der Waals surface area contributed by atoms with Crippen molar-refractivity contribution in [1.29, 1.82) is 0 Å². The second-order valence-electron chi connectivity index (χ2n) is 10.8. The minimum absolute atomic E-state index is 0.997. The molecule has 25 heavy (non-hydrogen) atoms. The number of hydrogen-bond acceptors (Lipinski definition) is 0. The largest absolute Gasteiger partial charge is 0.0826 e. The van der Waals surface area contributed by atoms with Crippen LogP contribution >= 0.6 is 22.6 Å². The normalized spacial score (nSPS) is 53.4. The maximum atomic E-state index is 2.73. The predicted octanol–water partition coefficient (Wildman–Crippen LogP) is 7.64. The summed E-state index contributed by atoms with van der Waals surface area (Å²) >= 11 is 2.73. The summed E-state index contributed by atoms with van der Waals surface area (Å²) in [5.41, 5.74) is 0. The maximum absolute atomic E-state index is 2.73. The minimum Gasteiger partial charge on any atom is -0.0826 e. The zero-order valence-corrected chi connectivity index (χ0v) is 18.3. The van der Waals surface area contributed by atoms with Gasteiger partial charge in [0, 0.05) is 3.92 Å². The molecular weight excluding hydrogens is 415 g/mol. The lowest BCUT2D eigenvalue weighted by Gasteiger charge is -2.51. The van der Waals surface area contributed by atoms with Crippen LogP contribution in [-0.4, -0.2) is 3.92 Å². The van der Waals surface area contributed by atoms with Crippen LogP contribution in [0.15, 0.2) is 0 Å². The Labute approximate surface area is 169 Å².